The van der Waals surface area contributed by atoms with E-state index in [1.807, 2.05) is 23.9 Å². The zero-order chi connectivity index (χ0) is 14.9. The Balaban J connectivity index is 1.89. The van der Waals surface area contributed by atoms with Gasteiger partial charge in [-0.05, 0) is 38.4 Å². The Labute approximate surface area is 125 Å². The van der Waals surface area contributed by atoms with Crippen LogP contribution < -0.4 is 5.32 Å². The van der Waals surface area contributed by atoms with Crippen molar-refractivity contribution < 1.29 is 4.79 Å². The Kier molecular flexibility index (Phi) is 3.81. The molecule has 0 aliphatic carbocycles. The van der Waals surface area contributed by atoms with Crippen molar-refractivity contribution in [3.05, 3.63) is 30.0 Å². The fourth-order valence-electron chi connectivity index (χ4n) is 3.49. The zero-order valence-corrected chi connectivity index (χ0v) is 12.9. The maximum Gasteiger partial charge on any atom is 0.145 e. The number of nitrogens with zero attached hydrogens (tertiary/aromatic N) is 2. The predicted octanol–water partition coefficient (Wildman–Crippen LogP) is 2.46. The van der Waals surface area contributed by atoms with Gasteiger partial charge in [0, 0.05) is 17.8 Å². The number of fused-ring (bicyclic) bond motifs is 1. The van der Waals surface area contributed by atoms with Crippen molar-refractivity contribution in [2.24, 2.45) is 12.5 Å². The lowest BCUT2D eigenvalue weighted by atomic mass is 9.72. The molecule has 0 spiro atoms. The molecule has 3 rings (SSSR count). The molecule has 112 valence electrons. The van der Waals surface area contributed by atoms with Crippen LogP contribution in [0.4, 0.5) is 0 Å². The van der Waals surface area contributed by atoms with Gasteiger partial charge < -0.3 is 5.32 Å². The first-order valence-corrected chi connectivity index (χ1v) is 7.81. The maximum absolute atomic E-state index is 12.9. The number of carbonyl (C=O) groups is 1. The number of benzene rings is 1. The zero-order valence-electron chi connectivity index (χ0n) is 12.9. The van der Waals surface area contributed by atoms with Gasteiger partial charge in [0.2, 0.25) is 0 Å². The second kappa shape index (κ2) is 5.60. The SMILES string of the molecule is CCC1(C(=O)Cc2nn(C)c3ccccc23)CCNCC1. The first-order valence-electron chi connectivity index (χ1n) is 7.81. The molecule has 0 radical (unpaired) electrons. The van der Waals surface area contributed by atoms with Gasteiger partial charge in [-0.1, -0.05) is 25.1 Å². The highest BCUT2D eigenvalue weighted by molar-refractivity contribution is 5.91. The normalized spacial score (nSPS) is 18.0. The Bertz CT molecular complexity index is 653. The van der Waals surface area contributed by atoms with E-state index in [0.717, 1.165) is 48.9 Å². The van der Waals surface area contributed by atoms with Gasteiger partial charge in [-0.2, -0.15) is 5.10 Å². The standard InChI is InChI=1S/C17H23N3O/c1-3-17(8-10-18-11-9-17)16(21)12-14-13-6-4-5-7-15(13)20(2)19-14/h4-7,18H,3,8-12H2,1-2H3. The molecule has 2 heterocycles. The van der Waals surface area contributed by atoms with Crippen LogP contribution in [0.5, 0.6) is 0 Å². The van der Waals surface area contributed by atoms with Gasteiger partial charge >= 0.3 is 0 Å². The average molecular weight is 285 g/mol. The third-order valence-electron chi connectivity index (χ3n) is 4.99. The van der Waals surface area contributed by atoms with E-state index in [0.29, 0.717) is 12.2 Å². The Morgan fingerprint density at radius 3 is 2.76 bits per heavy atom. The van der Waals surface area contributed by atoms with Gasteiger partial charge in [-0.25, -0.2) is 0 Å². The van der Waals surface area contributed by atoms with Crippen LogP contribution in [0, 0.1) is 5.41 Å². The van der Waals surface area contributed by atoms with Gasteiger partial charge in [0.1, 0.15) is 5.78 Å². The van der Waals surface area contributed by atoms with E-state index in [9.17, 15) is 4.79 Å². The number of hydrogen-bond donors (Lipinski definition) is 1. The van der Waals surface area contributed by atoms with E-state index in [1.54, 1.807) is 0 Å². The summed E-state index contributed by atoms with van der Waals surface area (Å²) in [5.41, 5.74) is 1.87. The van der Waals surface area contributed by atoms with E-state index >= 15 is 0 Å². The second-order valence-electron chi connectivity index (χ2n) is 6.07. The van der Waals surface area contributed by atoms with Crippen LogP contribution in [0.3, 0.4) is 0 Å². The van der Waals surface area contributed by atoms with Crippen molar-refractivity contribution in [1.82, 2.24) is 15.1 Å². The smallest absolute Gasteiger partial charge is 0.145 e. The molecule has 1 aliphatic heterocycles. The van der Waals surface area contributed by atoms with Gasteiger partial charge in [0.05, 0.1) is 17.6 Å². The fraction of sp³-hybridized carbons (Fsp3) is 0.529. The molecule has 21 heavy (non-hydrogen) atoms. The Hall–Kier alpha value is -1.68. The molecule has 0 bridgehead atoms. The summed E-state index contributed by atoms with van der Waals surface area (Å²) >= 11 is 0. The van der Waals surface area contributed by atoms with E-state index in [1.165, 1.54) is 0 Å². The number of piperidine rings is 1. The van der Waals surface area contributed by atoms with Crippen LogP contribution in [-0.4, -0.2) is 28.7 Å². The highest BCUT2D eigenvalue weighted by Crippen LogP contribution is 2.35. The number of ketones is 1. The monoisotopic (exact) mass is 285 g/mol. The molecule has 0 unspecified atom stereocenters. The van der Waals surface area contributed by atoms with Crippen LogP contribution in [0.1, 0.15) is 31.9 Å². The van der Waals surface area contributed by atoms with E-state index < -0.39 is 0 Å². The maximum atomic E-state index is 12.9. The van der Waals surface area contributed by atoms with Gasteiger partial charge in [0.15, 0.2) is 0 Å². The molecule has 1 aromatic heterocycles. The highest BCUT2D eigenvalue weighted by atomic mass is 16.1. The van der Waals surface area contributed by atoms with Crippen LogP contribution in [0.2, 0.25) is 0 Å². The van der Waals surface area contributed by atoms with Gasteiger partial charge in [-0.15, -0.1) is 0 Å². The number of aromatic nitrogens is 2. The molecule has 1 fully saturated rings. The minimum absolute atomic E-state index is 0.149. The number of para-hydroxylation sites is 1. The number of aryl methyl sites for hydroxylation is 1. The molecule has 1 saturated heterocycles. The molecular weight excluding hydrogens is 262 g/mol. The quantitative estimate of drug-likeness (QED) is 0.938. The molecule has 1 aromatic carbocycles. The summed E-state index contributed by atoms with van der Waals surface area (Å²) in [5.74, 6) is 0.357. The summed E-state index contributed by atoms with van der Waals surface area (Å²) < 4.78 is 1.87. The molecule has 4 heteroatoms. The van der Waals surface area contributed by atoms with Crippen molar-refractivity contribution in [2.75, 3.05) is 13.1 Å². The van der Waals surface area contributed by atoms with Gasteiger partial charge in [-0.3, -0.25) is 9.48 Å². The van der Waals surface area contributed by atoms with Crippen LogP contribution in [0.15, 0.2) is 24.3 Å². The lowest BCUT2D eigenvalue weighted by Gasteiger charge is -2.35. The summed E-state index contributed by atoms with van der Waals surface area (Å²) in [6.45, 7) is 4.03. The fourth-order valence-corrected chi connectivity index (χ4v) is 3.49. The van der Waals surface area contributed by atoms with E-state index in [-0.39, 0.29) is 5.41 Å². The topological polar surface area (TPSA) is 46.9 Å². The minimum Gasteiger partial charge on any atom is -0.317 e. The summed E-state index contributed by atoms with van der Waals surface area (Å²) in [4.78, 5) is 12.9. The summed E-state index contributed by atoms with van der Waals surface area (Å²) in [6.07, 6.45) is 3.29. The lowest BCUT2D eigenvalue weighted by Crippen LogP contribution is -2.42. The third kappa shape index (κ3) is 2.48. The summed E-state index contributed by atoms with van der Waals surface area (Å²) in [5, 5.41) is 9.03. The molecule has 1 N–H and O–H groups in total. The van der Waals surface area contributed by atoms with Gasteiger partial charge in [0.25, 0.3) is 0 Å². The molecule has 4 nitrogen and oxygen atoms in total. The van der Waals surface area contributed by atoms with Crippen molar-refractivity contribution in [1.29, 1.82) is 0 Å². The highest BCUT2D eigenvalue weighted by Gasteiger charge is 2.37. The number of nitrogens with one attached hydrogen (secondary N) is 1. The number of Topliss-reactive ketones (excluding diaryl/α,β-unsaturated/α-hetero) is 1. The Morgan fingerprint density at radius 1 is 1.33 bits per heavy atom. The first kappa shape index (κ1) is 14.3. The largest absolute Gasteiger partial charge is 0.317 e. The molecule has 0 amide bonds. The molecule has 0 saturated carbocycles. The lowest BCUT2D eigenvalue weighted by molar-refractivity contribution is -0.129. The van der Waals surface area contributed by atoms with Crippen molar-refractivity contribution in [3.8, 4) is 0 Å². The van der Waals surface area contributed by atoms with E-state index in [4.69, 9.17) is 0 Å². The van der Waals surface area contributed by atoms with Crippen LogP contribution >= 0.6 is 0 Å². The summed E-state index contributed by atoms with van der Waals surface area (Å²) in [7, 11) is 1.94. The average Bonchev–Trinajstić information content (AvgIpc) is 2.85. The van der Waals surface area contributed by atoms with E-state index in [2.05, 4.69) is 29.5 Å². The molecule has 1 aliphatic rings. The molecule has 0 atom stereocenters. The summed E-state index contributed by atoms with van der Waals surface area (Å²) in [6, 6.07) is 8.14. The second-order valence-corrected chi connectivity index (χ2v) is 6.07. The first-order chi connectivity index (χ1) is 10.2. The Morgan fingerprint density at radius 2 is 2.05 bits per heavy atom. The third-order valence-corrected chi connectivity index (χ3v) is 4.99. The van der Waals surface area contributed by atoms with Crippen molar-refractivity contribution >= 4 is 16.7 Å². The number of rotatable bonds is 4. The van der Waals surface area contributed by atoms with Crippen molar-refractivity contribution in [3.63, 3.8) is 0 Å². The number of carbonyl (C=O) groups excluding carboxylic acids is 1. The number of hydrogen-bond acceptors (Lipinski definition) is 3. The van der Waals surface area contributed by atoms with Crippen molar-refractivity contribution in [2.45, 2.75) is 32.6 Å². The molecular formula is C17H23N3O. The minimum atomic E-state index is -0.149. The van der Waals surface area contributed by atoms with Crippen LogP contribution in [0.25, 0.3) is 10.9 Å². The molecule has 2 aromatic rings. The predicted molar refractivity (Wildman–Crippen MR) is 84.3 cm³/mol. The van der Waals surface area contributed by atoms with Crippen LogP contribution in [-0.2, 0) is 18.3 Å².